The third kappa shape index (κ3) is 2.09. The van der Waals surface area contributed by atoms with Crippen molar-refractivity contribution in [2.45, 2.75) is 12.8 Å². The smallest absolute Gasteiger partial charge is 0.0414 e. The van der Waals surface area contributed by atoms with Crippen molar-refractivity contribution in [1.29, 1.82) is 0 Å². The van der Waals surface area contributed by atoms with E-state index in [0.717, 1.165) is 18.5 Å². The van der Waals surface area contributed by atoms with Gasteiger partial charge in [0.25, 0.3) is 0 Å². The molecule has 0 fully saturated rings. The van der Waals surface area contributed by atoms with Crippen LogP contribution in [0.15, 0.2) is 67.1 Å². The van der Waals surface area contributed by atoms with Crippen molar-refractivity contribution in [2.24, 2.45) is 0 Å². The van der Waals surface area contributed by atoms with E-state index in [0.29, 0.717) is 0 Å². The summed E-state index contributed by atoms with van der Waals surface area (Å²) in [6.07, 6.45) is 5.93. The quantitative estimate of drug-likeness (QED) is 0.690. The molecule has 2 heteroatoms. The predicted octanol–water partition coefficient (Wildman–Crippen LogP) is 4.77. The lowest BCUT2D eigenvalue weighted by molar-refractivity contribution is 0.919. The topological polar surface area (TPSA) is 24.9 Å². The van der Waals surface area contributed by atoms with Crippen LogP contribution in [0.4, 0.5) is 5.69 Å². The molecule has 0 unspecified atom stereocenters. The molecule has 0 amide bonds. The Morgan fingerprint density at radius 1 is 1.00 bits per heavy atom. The highest BCUT2D eigenvalue weighted by Gasteiger charge is 2.12. The van der Waals surface area contributed by atoms with E-state index >= 15 is 0 Å². The summed E-state index contributed by atoms with van der Waals surface area (Å²) in [5, 5.41) is 5.80. The van der Waals surface area contributed by atoms with Crippen LogP contribution in [0.3, 0.4) is 0 Å². The fourth-order valence-corrected chi connectivity index (χ4v) is 2.98. The van der Waals surface area contributed by atoms with Crippen molar-refractivity contribution in [2.75, 3.05) is 5.32 Å². The molecule has 0 saturated heterocycles. The van der Waals surface area contributed by atoms with Crippen molar-refractivity contribution in [3.8, 4) is 11.1 Å². The minimum absolute atomic E-state index is 1.00. The van der Waals surface area contributed by atoms with Crippen molar-refractivity contribution < 1.29 is 0 Å². The molecular formula is C19H16N2. The van der Waals surface area contributed by atoms with Gasteiger partial charge in [-0.05, 0) is 41.5 Å². The van der Waals surface area contributed by atoms with E-state index in [-0.39, 0.29) is 0 Å². The molecule has 0 aliphatic carbocycles. The molecule has 0 saturated carbocycles. The first-order valence-corrected chi connectivity index (χ1v) is 7.22. The van der Waals surface area contributed by atoms with E-state index in [9.17, 15) is 0 Å². The molecule has 4 rings (SSSR count). The fourth-order valence-electron chi connectivity index (χ4n) is 2.98. The van der Waals surface area contributed by atoms with Gasteiger partial charge in [-0.3, -0.25) is 4.98 Å². The summed E-state index contributed by atoms with van der Waals surface area (Å²) < 4.78 is 0. The summed E-state index contributed by atoms with van der Waals surface area (Å²) in [6.45, 7) is 4.01. The van der Waals surface area contributed by atoms with Crippen molar-refractivity contribution in [3.63, 3.8) is 0 Å². The summed E-state index contributed by atoms with van der Waals surface area (Å²) in [5.74, 6) is 0. The van der Waals surface area contributed by atoms with Crippen molar-refractivity contribution in [1.82, 2.24) is 4.98 Å². The molecule has 1 N–H and O–H groups in total. The van der Waals surface area contributed by atoms with Gasteiger partial charge >= 0.3 is 0 Å². The molecule has 21 heavy (non-hydrogen) atoms. The number of allylic oxidation sites excluding steroid dienone is 1. The van der Waals surface area contributed by atoms with Gasteiger partial charge in [-0.1, -0.05) is 36.9 Å². The minimum Gasteiger partial charge on any atom is -0.359 e. The first-order valence-electron chi connectivity index (χ1n) is 7.22. The van der Waals surface area contributed by atoms with Gasteiger partial charge in [0.1, 0.15) is 0 Å². The number of benzene rings is 2. The summed E-state index contributed by atoms with van der Waals surface area (Å²) in [5.41, 5.74) is 6.06. The van der Waals surface area contributed by atoms with Gasteiger partial charge in [-0.2, -0.15) is 0 Å². The van der Waals surface area contributed by atoms with Crippen LogP contribution < -0.4 is 5.32 Å². The molecule has 1 aliphatic heterocycles. The Labute approximate surface area is 124 Å². The number of rotatable bonds is 1. The number of hydrogen-bond donors (Lipinski definition) is 1. The van der Waals surface area contributed by atoms with Crippen LogP contribution in [0.1, 0.15) is 12.0 Å². The zero-order valence-corrected chi connectivity index (χ0v) is 11.8. The second-order valence-corrected chi connectivity index (χ2v) is 5.51. The first kappa shape index (κ1) is 12.2. The maximum Gasteiger partial charge on any atom is 0.0414 e. The summed E-state index contributed by atoms with van der Waals surface area (Å²) >= 11 is 0. The number of aryl methyl sites for hydroxylation is 1. The maximum atomic E-state index is 4.38. The average Bonchev–Trinajstić information content (AvgIpc) is 2.54. The standard InChI is InChI=1S/C19H16N2/c1-13-6-7-15-10-14(8-9-19(15)21-13)18-12-20-11-16-4-2-3-5-17(16)18/h2-5,8-12,21H,1,6-7H2. The Balaban J connectivity index is 1.88. The van der Waals surface area contributed by atoms with E-state index < -0.39 is 0 Å². The third-order valence-electron chi connectivity index (χ3n) is 4.09. The Kier molecular flexibility index (Phi) is 2.74. The molecule has 2 heterocycles. The zero-order chi connectivity index (χ0) is 14.2. The lowest BCUT2D eigenvalue weighted by Crippen LogP contribution is -2.08. The number of fused-ring (bicyclic) bond motifs is 2. The van der Waals surface area contributed by atoms with Crippen LogP contribution in [-0.4, -0.2) is 4.98 Å². The summed E-state index contributed by atoms with van der Waals surface area (Å²) in [6, 6.07) is 15.0. The van der Waals surface area contributed by atoms with Crippen LogP contribution in [0, 0.1) is 0 Å². The molecule has 2 aromatic carbocycles. The number of anilines is 1. The van der Waals surface area contributed by atoms with Crippen LogP contribution in [0.5, 0.6) is 0 Å². The summed E-state index contributed by atoms with van der Waals surface area (Å²) in [4.78, 5) is 4.38. The molecule has 3 aromatic rings. The highest BCUT2D eigenvalue weighted by atomic mass is 14.9. The van der Waals surface area contributed by atoms with E-state index in [2.05, 4.69) is 59.3 Å². The lowest BCUT2D eigenvalue weighted by atomic mass is 9.95. The van der Waals surface area contributed by atoms with Gasteiger partial charge in [0.2, 0.25) is 0 Å². The number of pyridine rings is 1. The SMILES string of the molecule is C=C1CCc2cc(-c3cncc4ccccc34)ccc2N1. The highest BCUT2D eigenvalue weighted by molar-refractivity contribution is 5.96. The number of nitrogens with one attached hydrogen (secondary N) is 1. The average molecular weight is 272 g/mol. The molecule has 2 nitrogen and oxygen atoms in total. The molecule has 1 aliphatic rings. The Hall–Kier alpha value is -2.61. The van der Waals surface area contributed by atoms with Gasteiger partial charge in [0, 0.05) is 34.7 Å². The monoisotopic (exact) mass is 272 g/mol. The van der Waals surface area contributed by atoms with Crippen molar-refractivity contribution >= 4 is 16.5 Å². The molecule has 102 valence electrons. The molecule has 0 radical (unpaired) electrons. The minimum atomic E-state index is 1.00. The largest absolute Gasteiger partial charge is 0.359 e. The lowest BCUT2D eigenvalue weighted by Gasteiger charge is -2.21. The van der Waals surface area contributed by atoms with Gasteiger partial charge in [-0.25, -0.2) is 0 Å². The van der Waals surface area contributed by atoms with Crippen LogP contribution >= 0.6 is 0 Å². The van der Waals surface area contributed by atoms with E-state index in [4.69, 9.17) is 0 Å². The van der Waals surface area contributed by atoms with Crippen molar-refractivity contribution in [3.05, 3.63) is 72.7 Å². The van der Waals surface area contributed by atoms with Crippen LogP contribution in [-0.2, 0) is 6.42 Å². The molecule has 1 aromatic heterocycles. The number of nitrogens with zero attached hydrogens (tertiary/aromatic N) is 1. The summed E-state index contributed by atoms with van der Waals surface area (Å²) in [7, 11) is 0. The molecular weight excluding hydrogens is 256 g/mol. The highest BCUT2D eigenvalue weighted by Crippen LogP contribution is 2.33. The van der Waals surface area contributed by atoms with Crippen LogP contribution in [0.2, 0.25) is 0 Å². The van der Waals surface area contributed by atoms with Gasteiger partial charge in [0.05, 0.1) is 0 Å². The fraction of sp³-hybridized carbons (Fsp3) is 0.105. The maximum absolute atomic E-state index is 4.38. The van der Waals surface area contributed by atoms with Gasteiger partial charge < -0.3 is 5.32 Å². The first-order chi connectivity index (χ1) is 10.3. The van der Waals surface area contributed by atoms with E-state index in [1.165, 1.54) is 33.2 Å². The van der Waals surface area contributed by atoms with Crippen LogP contribution in [0.25, 0.3) is 21.9 Å². The normalized spacial score (nSPS) is 13.8. The van der Waals surface area contributed by atoms with E-state index in [1.807, 2.05) is 12.4 Å². The molecule has 0 atom stereocenters. The zero-order valence-electron chi connectivity index (χ0n) is 11.8. The predicted molar refractivity (Wildman–Crippen MR) is 88.3 cm³/mol. The number of hydrogen-bond acceptors (Lipinski definition) is 2. The third-order valence-corrected chi connectivity index (χ3v) is 4.09. The Morgan fingerprint density at radius 3 is 2.86 bits per heavy atom. The number of aromatic nitrogens is 1. The Bertz CT molecular complexity index is 844. The van der Waals surface area contributed by atoms with Gasteiger partial charge in [-0.15, -0.1) is 0 Å². The second-order valence-electron chi connectivity index (χ2n) is 5.51. The molecule has 0 spiro atoms. The second kappa shape index (κ2) is 4.74. The Morgan fingerprint density at radius 2 is 1.90 bits per heavy atom. The van der Waals surface area contributed by atoms with Gasteiger partial charge in [0.15, 0.2) is 0 Å². The van der Waals surface area contributed by atoms with E-state index in [1.54, 1.807) is 0 Å². The molecule has 0 bridgehead atoms.